The summed E-state index contributed by atoms with van der Waals surface area (Å²) >= 11 is 0. The van der Waals surface area contributed by atoms with Crippen LogP contribution in [0.25, 0.3) is 11.0 Å². The van der Waals surface area contributed by atoms with Gasteiger partial charge < -0.3 is 19.5 Å². The highest BCUT2D eigenvalue weighted by Crippen LogP contribution is 2.41. The Balaban J connectivity index is 1.63. The van der Waals surface area contributed by atoms with Crippen LogP contribution in [0, 0.1) is 5.82 Å². The van der Waals surface area contributed by atoms with Gasteiger partial charge in [0.05, 0.1) is 12.3 Å². The number of aromatic nitrogens is 1. The molecule has 0 radical (unpaired) electrons. The molecule has 0 unspecified atom stereocenters. The fraction of sp³-hybridized carbons (Fsp3) is 0.619. The normalized spacial score (nSPS) is 16.2. The van der Waals surface area contributed by atoms with Gasteiger partial charge in [0.15, 0.2) is 5.58 Å². The zero-order chi connectivity index (χ0) is 20.0. The lowest BCUT2D eigenvalue weighted by atomic mass is 9.71. The molecule has 3 rings (SSSR count). The van der Waals surface area contributed by atoms with Crippen molar-refractivity contribution in [2.24, 2.45) is 0 Å². The average molecular weight is 391 g/mol. The maximum Gasteiger partial charge on any atom is 0.409 e. The fourth-order valence-electron chi connectivity index (χ4n) is 4.10. The van der Waals surface area contributed by atoms with Crippen molar-refractivity contribution in [1.29, 1.82) is 0 Å². The summed E-state index contributed by atoms with van der Waals surface area (Å²) in [5.41, 5.74) is 1.35. The van der Waals surface area contributed by atoms with E-state index in [2.05, 4.69) is 10.5 Å². The third-order valence-electron chi connectivity index (χ3n) is 5.79. The van der Waals surface area contributed by atoms with E-state index in [0.29, 0.717) is 25.3 Å². The van der Waals surface area contributed by atoms with E-state index < -0.39 is 0 Å². The number of carbonyl (C=O) groups excluding carboxylic acids is 1. The van der Waals surface area contributed by atoms with Crippen LogP contribution in [0.4, 0.5) is 9.18 Å². The van der Waals surface area contributed by atoms with Crippen molar-refractivity contribution in [2.75, 3.05) is 32.8 Å². The van der Waals surface area contributed by atoms with Gasteiger partial charge in [-0.1, -0.05) is 5.16 Å². The Morgan fingerprint density at radius 2 is 2.04 bits per heavy atom. The molecule has 28 heavy (non-hydrogen) atoms. The second-order valence-corrected chi connectivity index (χ2v) is 7.45. The summed E-state index contributed by atoms with van der Waals surface area (Å²) in [6.45, 7) is 7.48. The van der Waals surface area contributed by atoms with E-state index in [1.807, 2.05) is 13.8 Å². The molecule has 1 aliphatic heterocycles. The predicted octanol–water partition coefficient (Wildman–Crippen LogP) is 4.24. The van der Waals surface area contributed by atoms with E-state index in [9.17, 15) is 9.18 Å². The number of amides is 1. The van der Waals surface area contributed by atoms with Crippen LogP contribution in [0.15, 0.2) is 22.7 Å². The summed E-state index contributed by atoms with van der Waals surface area (Å²) in [6, 6.07) is 4.63. The first-order valence-electron chi connectivity index (χ1n) is 10.3. The van der Waals surface area contributed by atoms with Gasteiger partial charge in [0, 0.05) is 30.0 Å². The van der Waals surface area contributed by atoms with Crippen molar-refractivity contribution in [3.8, 4) is 0 Å². The highest BCUT2D eigenvalue weighted by Gasteiger charge is 2.37. The number of fused-ring (bicyclic) bond motifs is 1. The molecule has 154 valence electrons. The van der Waals surface area contributed by atoms with E-state index in [4.69, 9.17) is 9.26 Å². The molecule has 0 saturated carbocycles. The van der Waals surface area contributed by atoms with Crippen LogP contribution in [-0.2, 0) is 10.2 Å². The number of nitrogens with one attached hydrogen (secondary N) is 1. The van der Waals surface area contributed by atoms with Gasteiger partial charge in [-0.25, -0.2) is 9.18 Å². The van der Waals surface area contributed by atoms with Crippen LogP contribution in [0.5, 0.6) is 0 Å². The Kier molecular flexibility index (Phi) is 6.88. The molecule has 2 heterocycles. The lowest BCUT2D eigenvalue weighted by Gasteiger charge is -2.36. The van der Waals surface area contributed by atoms with Crippen LogP contribution in [-0.4, -0.2) is 48.9 Å². The second-order valence-electron chi connectivity index (χ2n) is 7.45. The minimum atomic E-state index is -0.315. The molecule has 0 aliphatic carbocycles. The summed E-state index contributed by atoms with van der Waals surface area (Å²) in [6.07, 6.45) is 4.37. The molecule has 7 heteroatoms. The highest BCUT2D eigenvalue weighted by atomic mass is 19.1. The standard InChI is InChI=1S/C21H30FN3O3/c1-3-25(4-2)20(26)27-14-6-5-9-21(10-12-23-13-11-21)19-17-8-7-16(22)15-18(17)28-24-19/h7-8,15,23H,3-6,9-14H2,1-2H3. The molecular weight excluding hydrogens is 361 g/mol. The molecule has 1 aromatic heterocycles. The number of carbonyl (C=O) groups is 1. The molecule has 0 atom stereocenters. The Bertz CT molecular complexity index is 782. The summed E-state index contributed by atoms with van der Waals surface area (Å²) < 4.78 is 24.3. The van der Waals surface area contributed by atoms with Gasteiger partial charge in [-0.05, 0) is 71.2 Å². The third kappa shape index (κ3) is 4.46. The Hall–Kier alpha value is -2.15. The molecule has 1 N–H and O–H groups in total. The van der Waals surface area contributed by atoms with Crippen molar-refractivity contribution in [1.82, 2.24) is 15.4 Å². The lowest BCUT2D eigenvalue weighted by molar-refractivity contribution is 0.103. The van der Waals surface area contributed by atoms with Crippen molar-refractivity contribution in [3.05, 3.63) is 29.7 Å². The average Bonchev–Trinajstić information content (AvgIpc) is 3.13. The third-order valence-corrected chi connectivity index (χ3v) is 5.79. The Morgan fingerprint density at radius 1 is 1.29 bits per heavy atom. The monoisotopic (exact) mass is 391 g/mol. The number of nitrogens with zero attached hydrogens (tertiary/aromatic N) is 2. The van der Waals surface area contributed by atoms with Gasteiger partial charge in [-0.3, -0.25) is 0 Å². The van der Waals surface area contributed by atoms with E-state index in [1.165, 1.54) is 12.1 Å². The van der Waals surface area contributed by atoms with Crippen molar-refractivity contribution >= 4 is 17.1 Å². The molecule has 1 aliphatic rings. The van der Waals surface area contributed by atoms with Gasteiger partial charge in [-0.15, -0.1) is 0 Å². The van der Waals surface area contributed by atoms with E-state index >= 15 is 0 Å². The number of ether oxygens (including phenoxy) is 1. The summed E-state index contributed by atoms with van der Waals surface area (Å²) in [5, 5.41) is 8.65. The SMILES string of the molecule is CCN(CC)C(=O)OCCCCC1(c2noc3cc(F)ccc23)CCNCC1. The lowest BCUT2D eigenvalue weighted by Crippen LogP contribution is -2.40. The molecule has 1 amide bonds. The van der Waals surface area contributed by atoms with Crippen LogP contribution in [0.1, 0.15) is 51.6 Å². The number of rotatable bonds is 8. The molecular formula is C21H30FN3O3. The Labute approximate surface area is 165 Å². The first-order valence-corrected chi connectivity index (χ1v) is 10.3. The van der Waals surface area contributed by atoms with Gasteiger partial charge in [0.1, 0.15) is 5.82 Å². The van der Waals surface area contributed by atoms with Gasteiger partial charge in [0.2, 0.25) is 0 Å². The molecule has 1 aromatic carbocycles. The summed E-state index contributed by atoms with van der Waals surface area (Å²) in [5.74, 6) is -0.315. The number of hydrogen-bond donors (Lipinski definition) is 1. The zero-order valence-corrected chi connectivity index (χ0v) is 16.8. The summed E-state index contributed by atoms with van der Waals surface area (Å²) in [7, 11) is 0. The van der Waals surface area contributed by atoms with Crippen molar-refractivity contribution in [3.63, 3.8) is 0 Å². The second kappa shape index (κ2) is 9.37. The fourth-order valence-corrected chi connectivity index (χ4v) is 4.10. The van der Waals surface area contributed by atoms with Crippen LogP contribution < -0.4 is 5.32 Å². The first kappa shape index (κ1) is 20.6. The number of unbranched alkanes of at least 4 members (excludes halogenated alkanes) is 1. The van der Waals surface area contributed by atoms with Crippen molar-refractivity contribution < 1.29 is 18.4 Å². The van der Waals surface area contributed by atoms with Crippen LogP contribution >= 0.6 is 0 Å². The molecule has 0 bridgehead atoms. The summed E-state index contributed by atoms with van der Waals surface area (Å²) in [4.78, 5) is 13.6. The zero-order valence-electron chi connectivity index (χ0n) is 16.8. The van der Waals surface area contributed by atoms with Gasteiger partial charge >= 0.3 is 6.09 Å². The topological polar surface area (TPSA) is 67.6 Å². The van der Waals surface area contributed by atoms with Crippen LogP contribution in [0.2, 0.25) is 0 Å². The largest absolute Gasteiger partial charge is 0.449 e. The molecule has 1 fully saturated rings. The smallest absolute Gasteiger partial charge is 0.409 e. The molecule has 6 nitrogen and oxygen atoms in total. The number of piperidine rings is 1. The molecule has 1 saturated heterocycles. The number of hydrogen-bond acceptors (Lipinski definition) is 5. The van der Waals surface area contributed by atoms with Crippen molar-refractivity contribution in [2.45, 2.75) is 51.4 Å². The maximum atomic E-state index is 13.5. The maximum absolute atomic E-state index is 13.5. The quantitative estimate of drug-likeness (QED) is 0.682. The molecule has 2 aromatic rings. The van der Waals surface area contributed by atoms with Gasteiger partial charge in [0.25, 0.3) is 0 Å². The first-order chi connectivity index (χ1) is 13.6. The van der Waals surface area contributed by atoms with Crippen LogP contribution in [0.3, 0.4) is 0 Å². The minimum Gasteiger partial charge on any atom is -0.449 e. The molecule has 0 spiro atoms. The van der Waals surface area contributed by atoms with E-state index in [-0.39, 0.29) is 17.3 Å². The Morgan fingerprint density at radius 3 is 2.75 bits per heavy atom. The predicted molar refractivity (Wildman–Crippen MR) is 106 cm³/mol. The van der Waals surface area contributed by atoms with E-state index in [1.54, 1.807) is 11.0 Å². The van der Waals surface area contributed by atoms with E-state index in [0.717, 1.165) is 56.3 Å². The highest BCUT2D eigenvalue weighted by molar-refractivity contribution is 5.80. The number of halogens is 1. The minimum absolute atomic E-state index is 0.0861. The number of benzene rings is 1. The van der Waals surface area contributed by atoms with Gasteiger partial charge in [-0.2, -0.15) is 0 Å².